The third kappa shape index (κ3) is 3.14. The zero-order chi connectivity index (χ0) is 16.1. The predicted molar refractivity (Wildman–Crippen MR) is 87.0 cm³/mol. The van der Waals surface area contributed by atoms with Crippen LogP contribution in [0, 0.1) is 28.1 Å². The van der Waals surface area contributed by atoms with Gasteiger partial charge in [0.2, 0.25) is 0 Å². The van der Waals surface area contributed by atoms with Crippen LogP contribution in [0.4, 0.5) is 0 Å². The lowest BCUT2D eigenvalue weighted by atomic mass is 9.70. The Labute approximate surface area is 131 Å². The zero-order valence-corrected chi connectivity index (χ0v) is 15.1. The molecule has 0 aromatic carbocycles. The summed E-state index contributed by atoms with van der Waals surface area (Å²) in [7, 11) is 0. The van der Waals surface area contributed by atoms with Crippen LogP contribution in [0.25, 0.3) is 0 Å². The molecule has 0 aromatic rings. The molecular weight excluding hydrogens is 260 g/mol. The van der Waals surface area contributed by atoms with Gasteiger partial charge in [0.1, 0.15) is 6.10 Å². The van der Waals surface area contributed by atoms with Crippen molar-refractivity contribution in [3.05, 3.63) is 0 Å². The molecule has 2 fully saturated rings. The summed E-state index contributed by atoms with van der Waals surface area (Å²) in [4.78, 5) is 12.3. The van der Waals surface area contributed by atoms with Crippen LogP contribution in [0.5, 0.6) is 0 Å². The van der Waals surface area contributed by atoms with Gasteiger partial charge in [-0.1, -0.05) is 48.5 Å². The Hall–Kier alpha value is -0.530. The minimum atomic E-state index is 0.0151. The fraction of sp³-hybridized carbons (Fsp3) is 0.947. The summed E-state index contributed by atoms with van der Waals surface area (Å²) in [6.07, 6.45) is 5.36. The molecule has 0 N–H and O–H groups in total. The quantitative estimate of drug-likeness (QED) is 0.666. The second-order valence-corrected chi connectivity index (χ2v) is 9.66. The van der Waals surface area contributed by atoms with Crippen molar-refractivity contribution in [2.75, 3.05) is 0 Å². The molecule has 122 valence electrons. The van der Waals surface area contributed by atoms with Crippen LogP contribution in [0.3, 0.4) is 0 Å². The maximum Gasteiger partial charge on any atom is 0.306 e. The average molecular weight is 294 g/mol. The second kappa shape index (κ2) is 5.28. The number of hydrogen-bond donors (Lipinski definition) is 0. The van der Waals surface area contributed by atoms with Crippen molar-refractivity contribution in [2.24, 2.45) is 28.1 Å². The molecule has 0 aliphatic heterocycles. The molecular formula is C19H34O2. The Morgan fingerprint density at radius 2 is 1.90 bits per heavy atom. The highest BCUT2D eigenvalue weighted by Gasteiger charge is 2.62. The third-order valence-corrected chi connectivity index (χ3v) is 6.46. The summed E-state index contributed by atoms with van der Waals surface area (Å²) < 4.78 is 5.93. The summed E-state index contributed by atoms with van der Waals surface area (Å²) in [5, 5.41) is 0. The van der Waals surface area contributed by atoms with Crippen LogP contribution in [-0.4, -0.2) is 12.1 Å². The van der Waals surface area contributed by atoms with E-state index in [0.29, 0.717) is 17.8 Å². The molecule has 4 unspecified atom stereocenters. The molecule has 2 heteroatoms. The van der Waals surface area contributed by atoms with E-state index in [1.165, 1.54) is 12.8 Å². The number of fused-ring (bicyclic) bond motifs is 2. The first kappa shape index (κ1) is 16.8. The van der Waals surface area contributed by atoms with E-state index >= 15 is 0 Å². The summed E-state index contributed by atoms with van der Waals surface area (Å²) in [5.41, 5.74) is 0.773. The average Bonchev–Trinajstić information content (AvgIpc) is 2.58. The standard InChI is InChI=1S/C19H34O2/c1-13(12-17(2,3)4)10-16(20)21-15-11-14-8-9-19(15,7)18(14,5)6/h13-15H,8-12H2,1-7H3. The van der Waals surface area contributed by atoms with Gasteiger partial charge in [0.15, 0.2) is 0 Å². The number of carbonyl (C=O) groups excluding carboxylic acids is 1. The lowest BCUT2D eigenvalue weighted by molar-refractivity contribution is -0.158. The van der Waals surface area contributed by atoms with E-state index in [0.717, 1.165) is 18.8 Å². The monoisotopic (exact) mass is 294 g/mol. The minimum absolute atomic E-state index is 0.0151. The smallest absolute Gasteiger partial charge is 0.306 e. The first-order valence-corrected chi connectivity index (χ1v) is 8.65. The van der Waals surface area contributed by atoms with Crippen LogP contribution in [0.2, 0.25) is 0 Å². The van der Waals surface area contributed by atoms with Gasteiger partial charge in [0, 0.05) is 11.8 Å². The molecule has 2 rings (SSSR count). The zero-order valence-electron chi connectivity index (χ0n) is 15.1. The van der Waals surface area contributed by atoms with E-state index < -0.39 is 0 Å². The highest BCUT2D eigenvalue weighted by Crippen LogP contribution is 2.66. The molecule has 2 nitrogen and oxygen atoms in total. The van der Waals surface area contributed by atoms with Crippen molar-refractivity contribution in [3.63, 3.8) is 0 Å². The molecule has 2 bridgehead atoms. The molecule has 2 aliphatic carbocycles. The number of esters is 1. The normalized spacial score (nSPS) is 35.8. The van der Waals surface area contributed by atoms with E-state index in [2.05, 4.69) is 48.5 Å². The Morgan fingerprint density at radius 3 is 2.33 bits per heavy atom. The lowest BCUT2D eigenvalue weighted by Gasteiger charge is -2.38. The van der Waals surface area contributed by atoms with Crippen molar-refractivity contribution in [2.45, 2.75) is 86.7 Å². The first-order chi connectivity index (χ1) is 9.46. The van der Waals surface area contributed by atoms with Gasteiger partial charge in [-0.25, -0.2) is 0 Å². The topological polar surface area (TPSA) is 26.3 Å². The van der Waals surface area contributed by atoms with Crippen LogP contribution in [0.1, 0.15) is 80.6 Å². The van der Waals surface area contributed by atoms with Crippen molar-refractivity contribution < 1.29 is 9.53 Å². The summed E-state index contributed by atoms with van der Waals surface area (Å²) in [5.74, 6) is 1.14. The van der Waals surface area contributed by atoms with Gasteiger partial charge >= 0.3 is 5.97 Å². The molecule has 21 heavy (non-hydrogen) atoms. The number of rotatable bonds is 4. The van der Waals surface area contributed by atoms with Crippen molar-refractivity contribution in [1.29, 1.82) is 0 Å². The van der Waals surface area contributed by atoms with Crippen LogP contribution < -0.4 is 0 Å². The maximum absolute atomic E-state index is 12.3. The van der Waals surface area contributed by atoms with Crippen molar-refractivity contribution >= 4 is 5.97 Å². The SMILES string of the molecule is CC(CC(=O)OC1CC2CCC1(C)C2(C)C)CC(C)(C)C. The first-order valence-electron chi connectivity index (χ1n) is 8.65. The molecule has 2 aliphatic rings. The highest BCUT2D eigenvalue weighted by atomic mass is 16.5. The van der Waals surface area contributed by atoms with Crippen LogP contribution in [-0.2, 0) is 9.53 Å². The maximum atomic E-state index is 12.3. The van der Waals surface area contributed by atoms with Gasteiger partial charge in [-0.05, 0) is 48.3 Å². The van der Waals surface area contributed by atoms with Crippen LogP contribution >= 0.6 is 0 Å². The van der Waals surface area contributed by atoms with Gasteiger partial charge in [-0.2, -0.15) is 0 Å². The van der Waals surface area contributed by atoms with E-state index in [1.807, 2.05) is 0 Å². The van der Waals surface area contributed by atoms with Gasteiger partial charge < -0.3 is 4.74 Å². The Morgan fingerprint density at radius 1 is 1.29 bits per heavy atom. The van der Waals surface area contributed by atoms with Gasteiger partial charge in [0.05, 0.1) is 0 Å². The highest BCUT2D eigenvalue weighted by molar-refractivity contribution is 5.70. The fourth-order valence-electron chi connectivity index (χ4n) is 4.92. The number of hydrogen-bond acceptors (Lipinski definition) is 2. The molecule has 4 atom stereocenters. The van der Waals surface area contributed by atoms with E-state index in [9.17, 15) is 4.79 Å². The fourth-order valence-corrected chi connectivity index (χ4v) is 4.92. The number of ether oxygens (including phenoxy) is 1. The second-order valence-electron chi connectivity index (χ2n) is 9.66. The summed E-state index contributed by atoms with van der Waals surface area (Å²) >= 11 is 0. The third-order valence-electron chi connectivity index (χ3n) is 6.46. The van der Waals surface area contributed by atoms with Crippen LogP contribution in [0.15, 0.2) is 0 Å². The van der Waals surface area contributed by atoms with E-state index in [1.54, 1.807) is 0 Å². The molecule has 0 amide bonds. The van der Waals surface area contributed by atoms with E-state index in [-0.39, 0.29) is 22.9 Å². The molecule has 0 spiro atoms. The molecule has 0 aromatic heterocycles. The Kier molecular flexibility index (Phi) is 4.23. The number of carbonyl (C=O) groups is 1. The molecule has 0 heterocycles. The summed E-state index contributed by atoms with van der Waals surface area (Å²) in [6.45, 7) is 15.9. The molecule has 2 saturated carbocycles. The van der Waals surface area contributed by atoms with E-state index in [4.69, 9.17) is 4.74 Å². The Balaban J connectivity index is 1.90. The minimum Gasteiger partial charge on any atom is -0.462 e. The predicted octanol–water partition coefficient (Wildman–Crippen LogP) is 5.21. The van der Waals surface area contributed by atoms with Gasteiger partial charge in [-0.3, -0.25) is 4.79 Å². The molecule has 0 saturated heterocycles. The lowest BCUT2D eigenvalue weighted by Crippen LogP contribution is -2.38. The van der Waals surface area contributed by atoms with Crippen molar-refractivity contribution in [1.82, 2.24) is 0 Å². The van der Waals surface area contributed by atoms with Crippen molar-refractivity contribution in [3.8, 4) is 0 Å². The Bertz CT molecular complexity index is 404. The molecule has 0 radical (unpaired) electrons. The van der Waals surface area contributed by atoms with Gasteiger partial charge in [-0.15, -0.1) is 0 Å². The van der Waals surface area contributed by atoms with Gasteiger partial charge in [0.25, 0.3) is 0 Å². The summed E-state index contributed by atoms with van der Waals surface area (Å²) in [6, 6.07) is 0. The largest absolute Gasteiger partial charge is 0.462 e.